The highest BCUT2D eigenvalue weighted by atomic mass is 17.3. The summed E-state index contributed by atoms with van der Waals surface area (Å²) in [7, 11) is 6.23. The molecule has 0 unspecified atom stereocenters. The highest BCUT2D eigenvalue weighted by Crippen LogP contribution is 2.61. The van der Waals surface area contributed by atoms with E-state index in [0.717, 1.165) is 11.1 Å². The van der Waals surface area contributed by atoms with Crippen molar-refractivity contribution in [2.45, 2.75) is 70.1 Å². The van der Waals surface area contributed by atoms with Crippen molar-refractivity contribution in [2.24, 2.45) is 23.7 Å². The molecule has 9 atom stereocenters. The molecule has 0 N–H and O–H groups in total. The van der Waals surface area contributed by atoms with Gasteiger partial charge in [0.15, 0.2) is 34.9 Å². The molecule has 5 aliphatic rings. The van der Waals surface area contributed by atoms with Gasteiger partial charge < -0.3 is 37.9 Å². The largest absolute Gasteiger partial charge is 0.493 e. The van der Waals surface area contributed by atoms with Crippen molar-refractivity contribution in [1.29, 1.82) is 0 Å². The quantitative estimate of drug-likeness (QED) is 0.173. The number of ether oxygens (including phenoxy) is 8. The monoisotopic (exact) mass is 680 g/mol. The molecule has 1 aliphatic carbocycles. The SMILES string of the molecule is COc1ccc(C=CC(=O)O[C@@H]2O[C@@H]3O[C@@]4(C)CC[C@H]5[C@H](C)[C@H](OC(=O)C=Cc6ccc(OC)c(OC)c6)C[C@@H]([C@H]2C)[C@@]35OO4)cc1OC. The Morgan fingerprint density at radius 2 is 1.33 bits per heavy atom. The summed E-state index contributed by atoms with van der Waals surface area (Å²) in [5.74, 6) is -0.730. The number of esters is 2. The van der Waals surface area contributed by atoms with Crippen LogP contribution in [0.4, 0.5) is 0 Å². The topological polar surface area (TPSA) is 126 Å². The Labute approximate surface area is 286 Å². The van der Waals surface area contributed by atoms with E-state index in [0.29, 0.717) is 42.3 Å². The van der Waals surface area contributed by atoms with Crippen molar-refractivity contribution >= 4 is 24.1 Å². The van der Waals surface area contributed by atoms with Crippen LogP contribution in [0.25, 0.3) is 12.2 Å². The van der Waals surface area contributed by atoms with Crippen molar-refractivity contribution in [2.75, 3.05) is 28.4 Å². The Kier molecular flexibility index (Phi) is 9.95. The average Bonchev–Trinajstić information content (AvgIpc) is 3.34. The smallest absolute Gasteiger partial charge is 0.333 e. The first kappa shape index (κ1) is 34.8. The molecule has 12 heteroatoms. The van der Waals surface area contributed by atoms with Gasteiger partial charge in [0.1, 0.15) is 6.10 Å². The normalized spacial score (nSPS) is 33.4. The lowest BCUT2D eigenvalue weighted by Gasteiger charge is -2.60. The first-order chi connectivity index (χ1) is 23.5. The zero-order valence-electron chi connectivity index (χ0n) is 28.8. The van der Waals surface area contributed by atoms with Crippen LogP contribution in [0.5, 0.6) is 23.0 Å². The van der Waals surface area contributed by atoms with Crippen molar-refractivity contribution in [3.8, 4) is 23.0 Å². The molecule has 0 radical (unpaired) electrons. The molecule has 0 amide bonds. The van der Waals surface area contributed by atoms with E-state index in [9.17, 15) is 9.59 Å². The molecule has 2 aromatic carbocycles. The maximum Gasteiger partial charge on any atom is 0.333 e. The lowest BCUT2D eigenvalue weighted by Crippen LogP contribution is -2.72. The Hall–Kier alpha value is -4.10. The predicted molar refractivity (Wildman–Crippen MR) is 175 cm³/mol. The second-order valence-electron chi connectivity index (χ2n) is 13.1. The number of hydrogen-bond donors (Lipinski definition) is 0. The molecule has 2 bridgehead atoms. The van der Waals surface area contributed by atoms with Gasteiger partial charge in [-0.1, -0.05) is 26.0 Å². The summed E-state index contributed by atoms with van der Waals surface area (Å²) < 4.78 is 46.2. The Balaban J connectivity index is 1.20. The standard InChI is InChI=1S/C37H44O12/c1-21-25-16-17-36(3)47-35-37(25,49-48-36)26(20-29(21)44-32(38)14-10-23-8-12-27(40-4)30(18-23)42-6)22(2)34(46-35)45-33(39)15-11-24-9-13-28(41-5)31(19-24)43-7/h8-15,18-19,21-22,25-26,29,34-35H,16-17,20H2,1-7H3/t21-,22+,25-,26-,29+,34+,35+,36+,37+/m0/s1. The summed E-state index contributed by atoms with van der Waals surface area (Å²) in [4.78, 5) is 38.5. The molecule has 4 aliphatic heterocycles. The first-order valence-corrected chi connectivity index (χ1v) is 16.5. The van der Waals surface area contributed by atoms with Gasteiger partial charge in [0.05, 0.1) is 28.4 Å². The van der Waals surface area contributed by atoms with Crippen LogP contribution >= 0.6 is 0 Å². The third-order valence-corrected chi connectivity index (χ3v) is 10.3. The number of benzene rings is 2. The van der Waals surface area contributed by atoms with Crippen molar-refractivity contribution in [3.05, 3.63) is 59.7 Å². The van der Waals surface area contributed by atoms with Crippen LogP contribution < -0.4 is 18.9 Å². The highest BCUT2D eigenvalue weighted by Gasteiger charge is 2.71. The molecule has 2 aromatic rings. The van der Waals surface area contributed by atoms with Crippen LogP contribution in [0.2, 0.25) is 0 Å². The Bertz CT molecular complexity index is 1600. The third kappa shape index (κ3) is 6.62. The summed E-state index contributed by atoms with van der Waals surface area (Å²) in [6.07, 6.45) is 5.46. The Morgan fingerprint density at radius 3 is 1.90 bits per heavy atom. The third-order valence-electron chi connectivity index (χ3n) is 10.3. The number of methoxy groups -OCH3 is 4. The van der Waals surface area contributed by atoms with E-state index in [1.165, 1.54) is 12.2 Å². The summed E-state index contributed by atoms with van der Waals surface area (Å²) >= 11 is 0. The minimum atomic E-state index is -1.05. The first-order valence-electron chi connectivity index (χ1n) is 16.5. The van der Waals surface area contributed by atoms with Crippen LogP contribution in [0, 0.1) is 23.7 Å². The van der Waals surface area contributed by atoms with E-state index >= 15 is 0 Å². The van der Waals surface area contributed by atoms with Crippen LogP contribution in [0.15, 0.2) is 48.6 Å². The Morgan fingerprint density at radius 1 is 0.755 bits per heavy atom. The maximum atomic E-state index is 13.2. The van der Waals surface area contributed by atoms with Gasteiger partial charge in [-0.2, -0.15) is 0 Å². The molecule has 49 heavy (non-hydrogen) atoms. The fourth-order valence-corrected chi connectivity index (χ4v) is 7.68. The molecule has 12 nitrogen and oxygen atoms in total. The number of rotatable bonds is 10. The zero-order valence-corrected chi connectivity index (χ0v) is 28.8. The average molecular weight is 681 g/mol. The van der Waals surface area contributed by atoms with E-state index in [-0.39, 0.29) is 23.7 Å². The zero-order chi connectivity index (χ0) is 34.9. The van der Waals surface area contributed by atoms with Gasteiger partial charge in [-0.25, -0.2) is 19.4 Å². The fourth-order valence-electron chi connectivity index (χ4n) is 7.68. The number of carbonyl (C=O) groups is 2. The van der Waals surface area contributed by atoms with Gasteiger partial charge >= 0.3 is 11.9 Å². The van der Waals surface area contributed by atoms with Gasteiger partial charge in [0.2, 0.25) is 12.1 Å². The molecule has 0 aromatic heterocycles. The van der Waals surface area contributed by atoms with Gasteiger partial charge in [-0.15, -0.1) is 0 Å². The second-order valence-corrected chi connectivity index (χ2v) is 13.1. The fraction of sp³-hybridized carbons (Fsp3) is 0.514. The van der Waals surface area contributed by atoms with E-state index in [1.54, 1.807) is 70.9 Å². The summed E-state index contributed by atoms with van der Waals surface area (Å²) in [6, 6.07) is 10.7. The van der Waals surface area contributed by atoms with E-state index in [2.05, 4.69) is 6.92 Å². The highest BCUT2D eigenvalue weighted by molar-refractivity contribution is 5.88. The number of fused-ring (bicyclic) bond motifs is 2. The van der Waals surface area contributed by atoms with Crippen molar-refractivity contribution in [1.82, 2.24) is 0 Å². The lowest BCUT2D eigenvalue weighted by atomic mass is 9.57. The number of carbonyl (C=O) groups excluding carboxylic acids is 2. The van der Waals surface area contributed by atoms with Crippen molar-refractivity contribution in [3.63, 3.8) is 0 Å². The molecule has 4 heterocycles. The molecule has 7 rings (SSSR count). The minimum absolute atomic E-state index is 0.107. The van der Waals surface area contributed by atoms with Crippen LogP contribution in [0.1, 0.15) is 51.2 Å². The van der Waals surface area contributed by atoms with Gasteiger partial charge in [-0.05, 0) is 73.2 Å². The van der Waals surface area contributed by atoms with Gasteiger partial charge in [0, 0.05) is 36.3 Å². The molecule has 264 valence electrons. The molecule has 4 saturated heterocycles. The van der Waals surface area contributed by atoms with E-state index < -0.39 is 42.0 Å². The summed E-state index contributed by atoms with van der Waals surface area (Å²) in [5.41, 5.74) is 0.502. The number of hydrogen-bond acceptors (Lipinski definition) is 12. The molecular weight excluding hydrogens is 636 g/mol. The summed E-state index contributed by atoms with van der Waals surface area (Å²) in [6.45, 7) is 5.81. The molecule has 1 saturated carbocycles. The molecule has 5 fully saturated rings. The predicted octanol–water partition coefficient (Wildman–Crippen LogP) is 5.72. The van der Waals surface area contributed by atoms with Gasteiger partial charge in [0.25, 0.3) is 0 Å². The lowest BCUT2D eigenvalue weighted by molar-refractivity contribution is -0.577. The molecule has 1 spiro atoms. The van der Waals surface area contributed by atoms with E-state index in [4.69, 9.17) is 47.7 Å². The maximum absolute atomic E-state index is 13.2. The van der Waals surface area contributed by atoms with E-state index in [1.807, 2.05) is 19.9 Å². The summed E-state index contributed by atoms with van der Waals surface area (Å²) in [5, 5.41) is 0. The van der Waals surface area contributed by atoms with Crippen LogP contribution in [-0.4, -0.2) is 70.4 Å². The van der Waals surface area contributed by atoms with Crippen LogP contribution in [-0.2, 0) is 38.3 Å². The van der Waals surface area contributed by atoms with Crippen molar-refractivity contribution < 1.29 is 57.3 Å². The molecular formula is C37H44O12. The van der Waals surface area contributed by atoms with Crippen LogP contribution in [0.3, 0.4) is 0 Å². The minimum Gasteiger partial charge on any atom is -0.493 e. The second kappa shape index (κ2) is 14.0. The van der Waals surface area contributed by atoms with Gasteiger partial charge in [-0.3, -0.25) is 0 Å².